The third kappa shape index (κ3) is 4.12. The summed E-state index contributed by atoms with van der Waals surface area (Å²) in [7, 11) is 1.83. The molecule has 0 radical (unpaired) electrons. The molecule has 3 heterocycles. The van der Waals surface area contributed by atoms with Crippen LogP contribution in [0.15, 0.2) is 29.2 Å². The SMILES string of the molecule is Cn1cc2cc(-n3nc(C#CCOC4CCCCO4)c(N)c(Cl)c3=O)ccc2n1. The van der Waals surface area contributed by atoms with Gasteiger partial charge in [-0.05, 0) is 43.4 Å². The topological polar surface area (TPSA) is 97.2 Å². The Morgan fingerprint density at radius 1 is 1.38 bits per heavy atom. The van der Waals surface area contributed by atoms with Gasteiger partial charge in [0.2, 0.25) is 0 Å². The molecule has 1 fully saturated rings. The van der Waals surface area contributed by atoms with Crippen molar-refractivity contribution in [2.75, 3.05) is 18.9 Å². The van der Waals surface area contributed by atoms with Gasteiger partial charge < -0.3 is 15.2 Å². The number of anilines is 1. The molecule has 0 amide bonds. The molecule has 0 aliphatic carbocycles. The standard InChI is InChI=1S/C20H20ClN5O3/c1-25-12-13-11-14(7-8-15(13)23-25)26-20(27)18(21)19(22)16(24-26)5-4-10-29-17-6-2-3-9-28-17/h7-8,11-12,17H,2-3,6,9-10,22H2,1H3. The van der Waals surface area contributed by atoms with Gasteiger partial charge in [-0.25, -0.2) is 0 Å². The number of hydrogen-bond acceptors (Lipinski definition) is 6. The summed E-state index contributed by atoms with van der Waals surface area (Å²) in [6, 6.07) is 5.37. The van der Waals surface area contributed by atoms with Crippen LogP contribution in [0.2, 0.25) is 5.02 Å². The number of fused-ring (bicyclic) bond motifs is 1. The molecule has 0 spiro atoms. The summed E-state index contributed by atoms with van der Waals surface area (Å²) < 4.78 is 14.0. The van der Waals surface area contributed by atoms with Crippen LogP contribution in [0.3, 0.4) is 0 Å². The summed E-state index contributed by atoms with van der Waals surface area (Å²) in [5.74, 6) is 5.71. The Labute approximate surface area is 172 Å². The normalized spacial score (nSPS) is 16.6. The van der Waals surface area contributed by atoms with E-state index in [2.05, 4.69) is 22.0 Å². The summed E-state index contributed by atoms with van der Waals surface area (Å²) in [5.41, 5.74) is 7.08. The van der Waals surface area contributed by atoms with Crippen molar-refractivity contribution in [2.24, 2.45) is 7.05 Å². The quantitative estimate of drug-likeness (QED) is 0.661. The largest absolute Gasteiger partial charge is 0.395 e. The first-order valence-corrected chi connectivity index (χ1v) is 9.65. The lowest BCUT2D eigenvalue weighted by molar-refractivity contribution is -0.154. The number of benzene rings is 1. The number of aryl methyl sites for hydroxylation is 1. The fourth-order valence-electron chi connectivity index (χ4n) is 3.14. The number of nitrogens with zero attached hydrogens (tertiary/aromatic N) is 4. The van der Waals surface area contributed by atoms with Crippen LogP contribution in [-0.4, -0.2) is 39.1 Å². The van der Waals surface area contributed by atoms with E-state index < -0.39 is 5.56 Å². The molecule has 1 saturated heterocycles. The van der Waals surface area contributed by atoms with E-state index in [-0.39, 0.29) is 29.3 Å². The Bertz CT molecular complexity index is 1170. The zero-order valence-electron chi connectivity index (χ0n) is 15.9. The minimum atomic E-state index is -0.509. The van der Waals surface area contributed by atoms with Crippen LogP contribution in [0, 0.1) is 11.8 Å². The number of nitrogen functional groups attached to an aromatic ring is 1. The molecule has 0 saturated carbocycles. The van der Waals surface area contributed by atoms with Gasteiger partial charge in [-0.2, -0.15) is 14.9 Å². The molecule has 150 valence electrons. The van der Waals surface area contributed by atoms with Crippen molar-refractivity contribution < 1.29 is 9.47 Å². The highest BCUT2D eigenvalue weighted by molar-refractivity contribution is 6.33. The van der Waals surface area contributed by atoms with Gasteiger partial charge in [0.15, 0.2) is 12.0 Å². The van der Waals surface area contributed by atoms with E-state index in [1.165, 1.54) is 4.68 Å². The van der Waals surface area contributed by atoms with Crippen molar-refractivity contribution in [3.63, 3.8) is 0 Å². The van der Waals surface area contributed by atoms with Gasteiger partial charge in [-0.3, -0.25) is 9.48 Å². The lowest BCUT2D eigenvalue weighted by atomic mass is 10.2. The smallest absolute Gasteiger partial charge is 0.292 e. The number of ether oxygens (including phenoxy) is 2. The fourth-order valence-corrected chi connectivity index (χ4v) is 3.31. The Hall–Kier alpha value is -2.86. The average molecular weight is 414 g/mol. The van der Waals surface area contributed by atoms with E-state index in [1.807, 2.05) is 25.4 Å². The Morgan fingerprint density at radius 3 is 3.03 bits per heavy atom. The van der Waals surface area contributed by atoms with Crippen LogP contribution in [0.4, 0.5) is 5.69 Å². The Morgan fingerprint density at radius 2 is 2.24 bits per heavy atom. The first-order valence-electron chi connectivity index (χ1n) is 9.27. The summed E-state index contributed by atoms with van der Waals surface area (Å²) in [6.45, 7) is 0.874. The molecule has 0 bridgehead atoms. The maximum atomic E-state index is 12.6. The van der Waals surface area contributed by atoms with Crippen molar-refractivity contribution in [3.8, 4) is 17.5 Å². The first kappa shape index (κ1) is 19.5. The predicted molar refractivity (Wildman–Crippen MR) is 110 cm³/mol. The van der Waals surface area contributed by atoms with Crippen LogP contribution < -0.4 is 11.3 Å². The van der Waals surface area contributed by atoms with Gasteiger partial charge in [-0.15, -0.1) is 0 Å². The average Bonchev–Trinajstić information content (AvgIpc) is 3.11. The second-order valence-corrected chi connectivity index (χ2v) is 7.13. The van der Waals surface area contributed by atoms with E-state index in [9.17, 15) is 4.79 Å². The third-order valence-corrected chi connectivity index (χ3v) is 4.97. The van der Waals surface area contributed by atoms with Crippen LogP contribution in [-0.2, 0) is 16.5 Å². The summed E-state index contributed by atoms with van der Waals surface area (Å²) >= 11 is 6.16. The molecular formula is C20H20ClN5O3. The van der Waals surface area contributed by atoms with Gasteiger partial charge >= 0.3 is 0 Å². The number of nitrogens with two attached hydrogens (primary N) is 1. The highest BCUT2D eigenvalue weighted by Crippen LogP contribution is 2.20. The second-order valence-electron chi connectivity index (χ2n) is 6.75. The molecule has 29 heavy (non-hydrogen) atoms. The van der Waals surface area contributed by atoms with Gasteiger partial charge in [0.25, 0.3) is 5.56 Å². The monoisotopic (exact) mass is 413 g/mol. The molecule has 3 aromatic rings. The molecule has 9 heteroatoms. The molecular weight excluding hydrogens is 394 g/mol. The third-order valence-electron chi connectivity index (χ3n) is 4.60. The van der Waals surface area contributed by atoms with Gasteiger partial charge in [0.05, 0.1) is 16.9 Å². The van der Waals surface area contributed by atoms with Crippen molar-refractivity contribution in [1.82, 2.24) is 19.6 Å². The highest BCUT2D eigenvalue weighted by atomic mass is 35.5. The van der Waals surface area contributed by atoms with E-state index in [4.69, 9.17) is 26.8 Å². The molecule has 1 aliphatic heterocycles. The molecule has 8 nitrogen and oxygen atoms in total. The van der Waals surface area contributed by atoms with Crippen molar-refractivity contribution >= 4 is 28.2 Å². The fraction of sp³-hybridized carbons (Fsp3) is 0.350. The first-order chi connectivity index (χ1) is 14.0. The Balaban J connectivity index is 1.62. The Kier molecular flexibility index (Phi) is 5.53. The molecule has 4 rings (SSSR count). The molecule has 2 N–H and O–H groups in total. The molecule has 2 aromatic heterocycles. The van der Waals surface area contributed by atoms with Crippen LogP contribution >= 0.6 is 11.6 Å². The zero-order valence-corrected chi connectivity index (χ0v) is 16.6. The summed E-state index contributed by atoms with van der Waals surface area (Å²) in [4.78, 5) is 12.6. The highest BCUT2D eigenvalue weighted by Gasteiger charge is 2.15. The number of aromatic nitrogens is 4. The van der Waals surface area contributed by atoms with Crippen molar-refractivity contribution in [1.29, 1.82) is 0 Å². The predicted octanol–water partition coefficient (Wildman–Crippen LogP) is 2.25. The zero-order chi connectivity index (χ0) is 20.4. The number of hydrogen-bond donors (Lipinski definition) is 1. The lowest BCUT2D eigenvalue weighted by Crippen LogP contribution is -2.24. The van der Waals surface area contributed by atoms with Crippen molar-refractivity contribution in [2.45, 2.75) is 25.6 Å². The number of rotatable bonds is 3. The molecule has 1 atom stereocenters. The minimum Gasteiger partial charge on any atom is -0.395 e. The minimum absolute atomic E-state index is 0.0526. The summed E-state index contributed by atoms with van der Waals surface area (Å²) in [6.07, 6.45) is 4.61. The van der Waals surface area contributed by atoms with Crippen LogP contribution in [0.25, 0.3) is 16.6 Å². The van der Waals surface area contributed by atoms with E-state index in [0.717, 1.165) is 30.2 Å². The van der Waals surface area contributed by atoms with Gasteiger partial charge in [-0.1, -0.05) is 17.5 Å². The van der Waals surface area contributed by atoms with Crippen LogP contribution in [0.5, 0.6) is 0 Å². The number of halogens is 1. The van der Waals surface area contributed by atoms with E-state index >= 15 is 0 Å². The lowest BCUT2D eigenvalue weighted by Gasteiger charge is -2.21. The van der Waals surface area contributed by atoms with Crippen molar-refractivity contribution in [3.05, 3.63) is 45.5 Å². The van der Waals surface area contributed by atoms with Gasteiger partial charge in [0.1, 0.15) is 11.6 Å². The maximum absolute atomic E-state index is 12.6. The second kappa shape index (κ2) is 8.25. The van der Waals surface area contributed by atoms with E-state index in [1.54, 1.807) is 10.7 Å². The molecule has 1 unspecified atom stereocenters. The van der Waals surface area contributed by atoms with Crippen LogP contribution in [0.1, 0.15) is 25.0 Å². The molecule has 1 aromatic carbocycles. The summed E-state index contributed by atoms with van der Waals surface area (Å²) in [5, 5.41) is 9.39. The van der Waals surface area contributed by atoms with Gasteiger partial charge in [0, 0.05) is 25.2 Å². The van der Waals surface area contributed by atoms with E-state index in [0.29, 0.717) is 12.3 Å². The maximum Gasteiger partial charge on any atom is 0.292 e. The molecule has 1 aliphatic rings.